The number of carbonyl (C=O) groups excluding carboxylic acids is 3. The third-order valence-corrected chi connectivity index (χ3v) is 2.72. The van der Waals surface area contributed by atoms with Gasteiger partial charge in [-0.25, -0.2) is 0 Å². The van der Waals surface area contributed by atoms with Gasteiger partial charge < -0.3 is 5.32 Å². The Bertz CT molecular complexity index is 375. The molecule has 4 nitrogen and oxygen atoms in total. The molecule has 19 heavy (non-hydrogen) atoms. The molecule has 0 aromatic rings. The second-order valence-electron chi connectivity index (χ2n) is 4.14. The average Bonchev–Trinajstić information content (AvgIpc) is 2.33. The van der Waals surface area contributed by atoms with Crippen LogP contribution < -0.4 is 5.32 Å². The minimum atomic E-state index is -0.800. The first-order valence-corrected chi connectivity index (χ1v) is 6.78. The first-order chi connectivity index (χ1) is 8.99. The topological polar surface area (TPSA) is 63.2 Å². The lowest BCUT2D eigenvalue weighted by Gasteiger charge is -2.09. The molecule has 0 aromatic carbocycles. The summed E-state index contributed by atoms with van der Waals surface area (Å²) in [5, 5.41) is 2.08. The highest BCUT2D eigenvalue weighted by atomic mass is 32.1. The molecule has 106 valence electrons. The fourth-order valence-electron chi connectivity index (χ4n) is 1.39. The van der Waals surface area contributed by atoms with Crippen LogP contribution in [0.15, 0.2) is 24.3 Å². The summed E-state index contributed by atoms with van der Waals surface area (Å²) in [6, 6.07) is 0. The zero-order chi connectivity index (χ0) is 14.7. The standard InChI is InChI=1S/C14H21NO3S/c1-3-4-5-6-7-8-13(17)12(14(18)19)9-10-15-11(2)16/h5-8,12H,3-4,9-10H2,1-2H3,(H,15,16)(H,18,19). The van der Waals surface area contributed by atoms with Crippen LogP contribution in [0, 0.1) is 5.92 Å². The Morgan fingerprint density at radius 3 is 2.47 bits per heavy atom. The Morgan fingerprint density at radius 2 is 1.95 bits per heavy atom. The van der Waals surface area contributed by atoms with E-state index in [9.17, 15) is 14.4 Å². The third-order valence-electron chi connectivity index (χ3n) is 2.41. The number of ketones is 1. The maximum absolute atomic E-state index is 11.8. The molecular weight excluding hydrogens is 262 g/mol. The summed E-state index contributed by atoms with van der Waals surface area (Å²) in [5.41, 5.74) is 0. The summed E-state index contributed by atoms with van der Waals surface area (Å²) in [7, 11) is 0. The van der Waals surface area contributed by atoms with E-state index >= 15 is 0 Å². The van der Waals surface area contributed by atoms with Gasteiger partial charge in [0.1, 0.15) is 0 Å². The Hall–Kier alpha value is -1.36. The number of unbranched alkanes of at least 4 members (excludes halogenated alkanes) is 1. The van der Waals surface area contributed by atoms with Crippen molar-refractivity contribution in [2.75, 3.05) is 6.54 Å². The number of thiol groups is 1. The highest BCUT2D eigenvalue weighted by molar-refractivity contribution is 7.96. The second-order valence-corrected chi connectivity index (χ2v) is 4.58. The predicted octanol–water partition coefficient (Wildman–Crippen LogP) is 2.07. The van der Waals surface area contributed by atoms with E-state index in [0.29, 0.717) is 0 Å². The van der Waals surface area contributed by atoms with Gasteiger partial charge in [0.2, 0.25) is 5.91 Å². The van der Waals surface area contributed by atoms with Crippen LogP contribution >= 0.6 is 12.6 Å². The molecule has 1 amide bonds. The van der Waals surface area contributed by atoms with Gasteiger partial charge in [0, 0.05) is 13.5 Å². The quantitative estimate of drug-likeness (QED) is 0.295. The van der Waals surface area contributed by atoms with Gasteiger partial charge in [0.05, 0.1) is 5.92 Å². The molecule has 0 saturated carbocycles. The summed E-state index contributed by atoms with van der Waals surface area (Å²) in [6.07, 6.45) is 9.01. The van der Waals surface area contributed by atoms with Crippen LogP contribution in [0.3, 0.4) is 0 Å². The zero-order valence-electron chi connectivity index (χ0n) is 11.4. The van der Waals surface area contributed by atoms with Crippen molar-refractivity contribution in [3.8, 4) is 0 Å². The summed E-state index contributed by atoms with van der Waals surface area (Å²) in [5.74, 6) is -1.27. The number of amides is 1. The summed E-state index contributed by atoms with van der Waals surface area (Å²) < 4.78 is 0. The molecule has 0 spiro atoms. The number of nitrogens with one attached hydrogen (secondary N) is 1. The van der Waals surface area contributed by atoms with Gasteiger partial charge in [0.15, 0.2) is 10.9 Å². The van der Waals surface area contributed by atoms with Crippen LogP contribution in [-0.4, -0.2) is 23.4 Å². The first kappa shape index (κ1) is 17.6. The highest BCUT2D eigenvalue weighted by Crippen LogP contribution is 2.09. The van der Waals surface area contributed by atoms with Crippen LogP contribution in [0.1, 0.15) is 33.1 Å². The predicted molar refractivity (Wildman–Crippen MR) is 79.0 cm³/mol. The molecule has 5 heteroatoms. The molecule has 0 aliphatic heterocycles. The largest absolute Gasteiger partial charge is 0.356 e. The number of hydrogen-bond acceptors (Lipinski definition) is 3. The first-order valence-electron chi connectivity index (χ1n) is 6.33. The molecule has 0 bridgehead atoms. The fraction of sp³-hybridized carbons (Fsp3) is 0.500. The number of carbonyl (C=O) groups is 3. The Morgan fingerprint density at radius 1 is 1.26 bits per heavy atom. The SMILES string of the molecule is CCCC=CC=CC(=O)C(CCNC(C)=O)C(=O)S. The third kappa shape index (κ3) is 9.25. The Balaban J connectivity index is 4.33. The number of allylic oxidation sites excluding steroid dienone is 4. The van der Waals surface area contributed by atoms with Crippen molar-refractivity contribution in [3.05, 3.63) is 24.3 Å². The maximum atomic E-state index is 11.8. The van der Waals surface area contributed by atoms with Gasteiger partial charge in [0.25, 0.3) is 0 Å². The highest BCUT2D eigenvalue weighted by Gasteiger charge is 2.21. The molecular formula is C14H21NO3S. The van der Waals surface area contributed by atoms with Gasteiger partial charge in [-0.15, -0.1) is 12.6 Å². The fourth-order valence-corrected chi connectivity index (χ4v) is 1.64. The van der Waals surface area contributed by atoms with Gasteiger partial charge in [-0.3, -0.25) is 14.4 Å². The van der Waals surface area contributed by atoms with Crippen molar-refractivity contribution in [2.45, 2.75) is 33.1 Å². The molecule has 0 aromatic heterocycles. The minimum absolute atomic E-state index is 0.184. The second kappa shape index (κ2) is 10.6. The van der Waals surface area contributed by atoms with Crippen LogP contribution in [0.25, 0.3) is 0 Å². The van der Waals surface area contributed by atoms with E-state index in [-0.39, 0.29) is 24.7 Å². The van der Waals surface area contributed by atoms with Crippen LogP contribution in [-0.2, 0) is 14.4 Å². The lowest BCUT2D eigenvalue weighted by Crippen LogP contribution is -2.27. The summed E-state index contributed by atoms with van der Waals surface area (Å²) in [6.45, 7) is 3.74. The van der Waals surface area contributed by atoms with Gasteiger partial charge in [-0.1, -0.05) is 31.6 Å². The van der Waals surface area contributed by atoms with Crippen molar-refractivity contribution >= 4 is 29.4 Å². The van der Waals surface area contributed by atoms with Crippen molar-refractivity contribution in [1.82, 2.24) is 5.32 Å². The minimum Gasteiger partial charge on any atom is -0.356 e. The van der Waals surface area contributed by atoms with E-state index < -0.39 is 11.0 Å². The van der Waals surface area contributed by atoms with Crippen LogP contribution in [0.2, 0.25) is 0 Å². The number of rotatable bonds is 9. The van der Waals surface area contributed by atoms with E-state index in [2.05, 4.69) is 24.9 Å². The molecule has 0 radical (unpaired) electrons. The van der Waals surface area contributed by atoms with E-state index in [4.69, 9.17) is 0 Å². The van der Waals surface area contributed by atoms with Gasteiger partial charge in [-0.05, 0) is 18.9 Å². The van der Waals surface area contributed by atoms with Gasteiger partial charge in [-0.2, -0.15) is 0 Å². The monoisotopic (exact) mass is 283 g/mol. The van der Waals surface area contributed by atoms with E-state index in [1.165, 1.54) is 13.0 Å². The molecule has 0 heterocycles. The molecule has 0 aliphatic rings. The maximum Gasteiger partial charge on any atom is 0.216 e. The molecule has 0 rings (SSSR count). The average molecular weight is 283 g/mol. The van der Waals surface area contributed by atoms with E-state index in [1.54, 1.807) is 12.2 Å². The van der Waals surface area contributed by atoms with Crippen LogP contribution in [0.4, 0.5) is 0 Å². The van der Waals surface area contributed by atoms with E-state index in [1.807, 2.05) is 6.08 Å². The molecule has 1 N–H and O–H groups in total. The summed E-state index contributed by atoms with van der Waals surface area (Å²) in [4.78, 5) is 33.8. The molecule has 0 saturated heterocycles. The molecule has 1 atom stereocenters. The lowest BCUT2D eigenvalue weighted by atomic mass is 10.0. The zero-order valence-corrected chi connectivity index (χ0v) is 12.3. The van der Waals surface area contributed by atoms with Crippen molar-refractivity contribution in [2.24, 2.45) is 5.92 Å². The molecule has 0 fully saturated rings. The van der Waals surface area contributed by atoms with Crippen molar-refractivity contribution in [1.29, 1.82) is 0 Å². The Kier molecular flexibility index (Phi) is 9.80. The smallest absolute Gasteiger partial charge is 0.216 e. The van der Waals surface area contributed by atoms with Crippen molar-refractivity contribution in [3.63, 3.8) is 0 Å². The van der Waals surface area contributed by atoms with Crippen molar-refractivity contribution < 1.29 is 14.4 Å². The van der Waals surface area contributed by atoms with E-state index in [0.717, 1.165) is 12.8 Å². The normalized spacial score (nSPS) is 12.8. The number of hydrogen-bond donors (Lipinski definition) is 2. The van der Waals surface area contributed by atoms with Gasteiger partial charge >= 0.3 is 0 Å². The van der Waals surface area contributed by atoms with Crippen LogP contribution in [0.5, 0.6) is 0 Å². The molecule has 0 aliphatic carbocycles. The molecule has 1 unspecified atom stereocenters. The lowest BCUT2D eigenvalue weighted by molar-refractivity contribution is -0.126. The Labute approximate surface area is 119 Å². The summed E-state index contributed by atoms with van der Waals surface area (Å²) >= 11 is 3.71.